The van der Waals surface area contributed by atoms with Crippen LogP contribution in [0.4, 0.5) is 4.39 Å². The summed E-state index contributed by atoms with van der Waals surface area (Å²) in [5.41, 5.74) is 0.819. The number of halogens is 2. The second-order valence-electron chi connectivity index (χ2n) is 4.26. The first-order valence-corrected chi connectivity index (χ1v) is 8.18. The maximum atomic E-state index is 13.0. The van der Waals surface area contributed by atoms with Crippen LogP contribution in [0.5, 0.6) is 0 Å². The molecule has 0 fully saturated rings. The molecule has 8 heteroatoms. The van der Waals surface area contributed by atoms with Crippen molar-refractivity contribution in [2.75, 3.05) is 0 Å². The quantitative estimate of drug-likeness (QED) is 0.904. The van der Waals surface area contributed by atoms with E-state index in [-0.39, 0.29) is 10.8 Å². The van der Waals surface area contributed by atoms with Gasteiger partial charge in [0.1, 0.15) is 11.6 Å². The van der Waals surface area contributed by atoms with Crippen LogP contribution >= 0.6 is 15.9 Å². The molecule has 0 atom stereocenters. The molecular weight excluding hydrogens is 349 g/mol. The van der Waals surface area contributed by atoms with E-state index in [1.807, 2.05) is 6.92 Å². The van der Waals surface area contributed by atoms with Gasteiger partial charge < -0.3 is 4.57 Å². The molecule has 0 amide bonds. The highest BCUT2D eigenvalue weighted by Gasteiger charge is 2.16. The smallest absolute Gasteiger partial charge is 0.257 e. The maximum absolute atomic E-state index is 13.0. The van der Waals surface area contributed by atoms with Gasteiger partial charge >= 0.3 is 0 Å². The summed E-state index contributed by atoms with van der Waals surface area (Å²) >= 11 is 3.28. The maximum Gasteiger partial charge on any atom is 0.257 e. The Balaban J connectivity index is 2.40. The number of benzene rings is 1. The van der Waals surface area contributed by atoms with E-state index in [9.17, 15) is 12.8 Å². The van der Waals surface area contributed by atoms with E-state index in [4.69, 9.17) is 5.14 Å². The Bertz CT molecular complexity index is 743. The second kappa shape index (κ2) is 5.63. The molecule has 2 rings (SSSR count). The number of imidazole rings is 1. The first-order chi connectivity index (χ1) is 9.31. The van der Waals surface area contributed by atoms with Crippen LogP contribution in [0.3, 0.4) is 0 Å². The van der Waals surface area contributed by atoms with Crippen LogP contribution in [-0.4, -0.2) is 18.0 Å². The van der Waals surface area contributed by atoms with Crippen LogP contribution in [0.15, 0.2) is 33.9 Å². The molecule has 2 N–H and O–H groups in total. The van der Waals surface area contributed by atoms with Crippen LogP contribution in [-0.2, 0) is 23.0 Å². The summed E-state index contributed by atoms with van der Waals surface area (Å²) in [6, 6.07) is 4.34. The summed E-state index contributed by atoms with van der Waals surface area (Å²) in [6.07, 6.45) is 1.96. The zero-order valence-electron chi connectivity index (χ0n) is 10.7. The minimum absolute atomic E-state index is 0.160. The first kappa shape index (κ1) is 15.1. The SMILES string of the molecule is CCc1nc(S(N)(=O)=O)cn1Cc1ccc(F)cc1Br. The first-order valence-electron chi connectivity index (χ1n) is 5.84. The minimum Gasteiger partial charge on any atom is -0.329 e. The third kappa shape index (κ3) is 3.25. The predicted molar refractivity (Wildman–Crippen MR) is 76.2 cm³/mol. The molecule has 1 aromatic heterocycles. The monoisotopic (exact) mass is 361 g/mol. The van der Waals surface area contributed by atoms with Crippen molar-refractivity contribution in [2.45, 2.75) is 24.9 Å². The molecule has 1 heterocycles. The van der Waals surface area contributed by atoms with E-state index < -0.39 is 10.0 Å². The summed E-state index contributed by atoms with van der Waals surface area (Å²) in [5, 5.41) is 4.91. The number of aromatic nitrogens is 2. The van der Waals surface area contributed by atoms with Crippen molar-refractivity contribution in [3.63, 3.8) is 0 Å². The Morgan fingerprint density at radius 1 is 1.45 bits per heavy atom. The lowest BCUT2D eigenvalue weighted by Crippen LogP contribution is -2.12. The largest absolute Gasteiger partial charge is 0.329 e. The van der Waals surface area contributed by atoms with Crippen LogP contribution in [0.25, 0.3) is 0 Å². The van der Waals surface area contributed by atoms with Gasteiger partial charge in [-0.2, -0.15) is 0 Å². The Labute approximate surface area is 124 Å². The van der Waals surface area contributed by atoms with Gasteiger partial charge in [0.05, 0.1) is 0 Å². The number of hydrogen-bond donors (Lipinski definition) is 1. The predicted octanol–water partition coefficient (Wildman–Crippen LogP) is 2.04. The molecular formula is C12H13BrFN3O2S. The third-order valence-corrected chi connectivity index (χ3v) is 4.32. The van der Waals surface area contributed by atoms with Crippen molar-refractivity contribution < 1.29 is 12.8 Å². The number of primary sulfonamides is 1. The van der Waals surface area contributed by atoms with E-state index in [1.54, 1.807) is 10.6 Å². The highest BCUT2D eigenvalue weighted by molar-refractivity contribution is 9.10. The van der Waals surface area contributed by atoms with Gasteiger partial charge in [-0.15, -0.1) is 0 Å². The van der Waals surface area contributed by atoms with Crippen molar-refractivity contribution in [2.24, 2.45) is 5.14 Å². The highest BCUT2D eigenvalue weighted by atomic mass is 79.9. The summed E-state index contributed by atoms with van der Waals surface area (Å²) in [7, 11) is -3.83. The Morgan fingerprint density at radius 2 is 2.15 bits per heavy atom. The van der Waals surface area contributed by atoms with E-state index in [2.05, 4.69) is 20.9 Å². The number of sulfonamides is 1. The van der Waals surface area contributed by atoms with Crippen LogP contribution in [0.1, 0.15) is 18.3 Å². The molecule has 2 aromatic rings. The fourth-order valence-corrected chi connectivity index (χ4v) is 2.80. The molecule has 0 bridgehead atoms. The second-order valence-corrected chi connectivity index (χ2v) is 6.62. The minimum atomic E-state index is -3.83. The third-order valence-electron chi connectivity index (χ3n) is 2.80. The summed E-state index contributed by atoms with van der Waals surface area (Å²) < 4.78 is 38.0. The van der Waals surface area contributed by atoms with Gasteiger partial charge in [0, 0.05) is 23.6 Å². The molecule has 0 saturated heterocycles. The van der Waals surface area contributed by atoms with Gasteiger partial charge in [0.2, 0.25) is 0 Å². The average Bonchev–Trinajstić information content (AvgIpc) is 2.75. The fourth-order valence-electron chi connectivity index (χ4n) is 1.82. The van der Waals surface area contributed by atoms with Gasteiger partial charge in [-0.25, -0.2) is 22.9 Å². The molecule has 20 heavy (non-hydrogen) atoms. The topological polar surface area (TPSA) is 78.0 Å². The zero-order chi connectivity index (χ0) is 14.9. The Kier molecular flexibility index (Phi) is 4.26. The highest BCUT2D eigenvalue weighted by Crippen LogP contribution is 2.20. The molecule has 0 radical (unpaired) electrons. The van der Waals surface area contributed by atoms with Crippen molar-refractivity contribution in [3.05, 3.63) is 46.1 Å². The Morgan fingerprint density at radius 3 is 2.70 bits per heavy atom. The average molecular weight is 362 g/mol. The normalized spacial score (nSPS) is 11.8. The van der Waals surface area contributed by atoms with E-state index in [1.165, 1.54) is 18.3 Å². The molecule has 1 aromatic carbocycles. The number of aryl methyl sites for hydroxylation is 1. The fraction of sp³-hybridized carbons (Fsp3) is 0.250. The van der Waals surface area contributed by atoms with Crippen molar-refractivity contribution in [1.29, 1.82) is 0 Å². The van der Waals surface area contributed by atoms with E-state index >= 15 is 0 Å². The lowest BCUT2D eigenvalue weighted by Gasteiger charge is -2.08. The number of rotatable bonds is 4. The molecule has 0 aliphatic carbocycles. The number of nitrogens with two attached hydrogens (primary N) is 1. The molecule has 0 spiro atoms. The molecule has 108 valence electrons. The molecule has 0 unspecified atom stereocenters. The van der Waals surface area contributed by atoms with Crippen molar-refractivity contribution in [3.8, 4) is 0 Å². The molecule has 0 saturated carbocycles. The standard InChI is InChI=1S/C12H13BrFN3O2S/c1-2-11-16-12(20(15,18)19)7-17(11)6-8-3-4-9(14)5-10(8)13/h3-5,7H,2,6H2,1H3,(H2,15,18,19). The molecule has 0 aliphatic rings. The lowest BCUT2D eigenvalue weighted by molar-refractivity contribution is 0.594. The van der Waals surface area contributed by atoms with Crippen molar-refractivity contribution in [1.82, 2.24) is 9.55 Å². The zero-order valence-corrected chi connectivity index (χ0v) is 13.1. The van der Waals surface area contributed by atoms with E-state index in [0.29, 0.717) is 23.3 Å². The Hall–Kier alpha value is -1.25. The van der Waals surface area contributed by atoms with Gasteiger partial charge in [0.15, 0.2) is 5.03 Å². The van der Waals surface area contributed by atoms with Gasteiger partial charge in [-0.1, -0.05) is 28.9 Å². The van der Waals surface area contributed by atoms with Gasteiger partial charge in [0.25, 0.3) is 10.0 Å². The summed E-state index contributed by atoms with van der Waals surface area (Å²) in [4.78, 5) is 4.00. The van der Waals surface area contributed by atoms with Crippen molar-refractivity contribution >= 4 is 26.0 Å². The van der Waals surface area contributed by atoms with Gasteiger partial charge in [-0.3, -0.25) is 0 Å². The number of hydrogen-bond acceptors (Lipinski definition) is 3. The van der Waals surface area contributed by atoms with E-state index in [0.717, 1.165) is 5.56 Å². The molecule has 5 nitrogen and oxygen atoms in total. The molecule has 0 aliphatic heterocycles. The summed E-state index contributed by atoms with van der Waals surface area (Å²) in [5.74, 6) is 0.262. The number of nitrogens with zero attached hydrogens (tertiary/aromatic N) is 2. The summed E-state index contributed by atoms with van der Waals surface area (Å²) in [6.45, 7) is 2.25. The van der Waals surface area contributed by atoms with Crippen LogP contribution in [0.2, 0.25) is 0 Å². The van der Waals surface area contributed by atoms with Crippen LogP contribution in [0, 0.1) is 5.82 Å². The van der Waals surface area contributed by atoms with Crippen LogP contribution < -0.4 is 5.14 Å². The van der Waals surface area contributed by atoms with Gasteiger partial charge in [-0.05, 0) is 17.7 Å². The lowest BCUT2D eigenvalue weighted by atomic mass is 10.2.